The van der Waals surface area contributed by atoms with E-state index in [0.29, 0.717) is 17.5 Å². The number of halogens is 1. The van der Waals surface area contributed by atoms with Gasteiger partial charge in [-0.1, -0.05) is 0 Å². The van der Waals surface area contributed by atoms with Gasteiger partial charge in [0.25, 0.3) is 0 Å². The molecule has 0 aromatic heterocycles. The molecule has 3 nitrogen and oxygen atoms in total. The predicted molar refractivity (Wildman–Crippen MR) is 47.5 cm³/mol. The Labute approximate surface area is 74.8 Å². The third kappa shape index (κ3) is 1.51. The van der Waals surface area contributed by atoms with Crippen molar-refractivity contribution in [3.8, 4) is 5.75 Å². The minimum Gasteiger partial charge on any atom is -0.507 e. The molecule has 3 N–H and O–H groups in total. The molecule has 0 bridgehead atoms. The van der Waals surface area contributed by atoms with Crippen LogP contribution in [0.1, 0.15) is 15.9 Å². The van der Waals surface area contributed by atoms with Gasteiger partial charge >= 0.3 is 0 Å². The molecule has 0 amide bonds. The summed E-state index contributed by atoms with van der Waals surface area (Å²) in [6, 6.07) is 2.94. The van der Waals surface area contributed by atoms with E-state index >= 15 is 0 Å². The summed E-state index contributed by atoms with van der Waals surface area (Å²) in [5, 5.41) is 9.34. The molecule has 0 fully saturated rings. The molecule has 1 aromatic carbocycles. The number of benzene rings is 1. The molecule has 0 atom stereocenters. The van der Waals surface area contributed by atoms with Crippen molar-refractivity contribution in [2.75, 3.05) is 5.73 Å². The van der Waals surface area contributed by atoms with Crippen LogP contribution in [-0.4, -0.2) is 11.4 Å². The fraction of sp³-hybridized carbons (Fsp3) is 0.125. The van der Waals surface area contributed by atoms with Gasteiger partial charge in [0.1, 0.15) is 5.75 Å². The van der Waals surface area contributed by atoms with Crippen molar-refractivity contribution in [1.82, 2.24) is 0 Å². The second-order valence-corrected chi connectivity index (χ2v) is 2.64. The van der Waals surface area contributed by atoms with Crippen LogP contribution in [0.25, 0.3) is 0 Å². The summed E-state index contributed by atoms with van der Waals surface area (Å²) < 4.78 is 0. The van der Waals surface area contributed by atoms with Crippen molar-refractivity contribution < 1.29 is 9.90 Å². The second kappa shape index (κ2) is 3.45. The molecule has 0 unspecified atom stereocenters. The van der Waals surface area contributed by atoms with Crippen molar-refractivity contribution in [1.29, 1.82) is 0 Å². The maximum atomic E-state index is 10.4. The Balaban J connectivity index is 3.31. The molecule has 1 rings (SSSR count). The Morgan fingerprint density at radius 3 is 2.75 bits per heavy atom. The van der Waals surface area contributed by atoms with Crippen LogP contribution in [0.3, 0.4) is 0 Å². The van der Waals surface area contributed by atoms with Crippen LogP contribution in [0.2, 0.25) is 0 Å². The van der Waals surface area contributed by atoms with Crippen molar-refractivity contribution in [3.63, 3.8) is 0 Å². The van der Waals surface area contributed by atoms with Crippen molar-refractivity contribution >= 4 is 23.6 Å². The summed E-state index contributed by atoms with van der Waals surface area (Å²) in [5.74, 6) is 0.0479. The Bertz CT molecular complexity index is 312. The number of rotatable bonds is 2. The quantitative estimate of drug-likeness (QED) is 0.318. The van der Waals surface area contributed by atoms with Crippen molar-refractivity contribution in [3.05, 3.63) is 23.3 Å². The van der Waals surface area contributed by atoms with E-state index in [1.807, 2.05) is 0 Å². The lowest BCUT2D eigenvalue weighted by molar-refractivity contribution is 0.112. The van der Waals surface area contributed by atoms with E-state index in [0.717, 1.165) is 0 Å². The van der Waals surface area contributed by atoms with Crippen molar-refractivity contribution in [2.45, 2.75) is 5.88 Å². The lowest BCUT2D eigenvalue weighted by atomic mass is 10.1. The standard InChI is InChI=1S/C8H8ClNO2/c9-3-5-1-7(10)2-6(4-11)8(5)12/h1-2,4,12H,3,10H2. The summed E-state index contributed by atoms with van der Waals surface area (Å²) in [7, 11) is 0. The van der Waals surface area contributed by atoms with E-state index in [1.165, 1.54) is 12.1 Å². The zero-order valence-corrected chi connectivity index (χ0v) is 7.01. The molecule has 0 spiro atoms. The van der Waals surface area contributed by atoms with Gasteiger partial charge in [-0.2, -0.15) is 0 Å². The van der Waals surface area contributed by atoms with Crippen LogP contribution in [0.15, 0.2) is 12.1 Å². The van der Waals surface area contributed by atoms with E-state index in [2.05, 4.69) is 0 Å². The number of phenolic OH excluding ortho intramolecular Hbond substituents is 1. The SMILES string of the molecule is Nc1cc(C=O)c(O)c(CCl)c1. The first-order chi connectivity index (χ1) is 5.69. The molecule has 0 saturated carbocycles. The zero-order chi connectivity index (χ0) is 9.14. The summed E-state index contributed by atoms with van der Waals surface area (Å²) in [6.07, 6.45) is 0.543. The van der Waals surface area contributed by atoms with E-state index in [4.69, 9.17) is 17.3 Å². The number of carbonyl (C=O) groups excluding carboxylic acids is 1. The largest absolute Gasteiger partial charge is 0.507 e. The highest BCUT2D eigenvalue weighted by Crippen LogP contribution is 2.25. The van der Waals surface area contributed by atoms with Gasteiger partial charge in [0, 0.05) is 11.3 Å². The molecule has 0 heterocycles. The third-order valence-electron chi connectivity index (χ3n) is 1.51. The number of nitrogens with two attached hydrogens (primary N) is 1. The highest BCUT2D eigenvalue weighted by Gasteiger charge is 2.06. The molecule has 1 aromatic rings. The fourth-order valence-corrected chi connectivity index (χ4v) is 1.14. The Hall–Kier alpha value is -1.22. The number of nitrogen functional groups attached to an aromatic ring is 1. The van der Waals surface area contributed by atoms with Crippen LogP contribution in [0.4, 0.5) is 5.69 Å². The number of aldehydes is 1. The second-order valence-electron chi connectivity index (χ2n) is 2.37. The lowest BCUT2D eigenvalue weighted by Gasteiger charge is -2.04. The Kier molecular flexibility index (Phi) is 2.55. The maximum Gasteiger partial charge on any atom is 0.153 e. The highest BCUT2D eigenvalue weighted by atomic mass is 35.5. The minimum absolute atomic E-state index is 0.0887. The van der Waals surface area contributed by atoms with Crippen LogP contribution < -0.4 is 5.73 Å². The van der Waals surface area contributed by atoms with Gasteiger partial charge in [-0.05, 0) is 12.1 Å². The fourth-order valence-electron chi connectivity index (χ4n) is 0.936. The predicted octanol–water partition coefficient (Wildman–Crippen LogP) is 1.53. The first kappa shape index (κ1) is 8.87. The van der Waals surface area contributed by atoms with Gasteiger partial charge < -0.3 is 10.8 Å². The van der Waals surface area contributed by atoms with E-state index in [-0.39, 0.29) is 17.2 Å². The normalized spacial score (nSPS) is 9.75. The van der Waals surface area contributed by atoms with Gasteiger partial charge in [-0.3, -0.25) is 4.79 Å². The minimum atomic E-state index is -0.0887. The van der Waals surface area contributed by atoms with Crippen LogP contribution in [-0.2, 0) is 5.88 Å². The summed E-state index contributed by atoms with van der Waals surface area (Å²) in [6.45, 7) is 0. The van der Waals surface area contributed by atoms with Crippen LogP contribution in [0.5, 0.6) is 5.75 Å². The summed E-state index contributed by atoms with van der Waals surface area (Å²) in [5.41, 5.74) is 6.52. The molecular formula is C8H8ClNO2. The van der Waals surface area contributed by atoms with Crippen LogP contribution >= 0.6 is 11.6 Å². The number of hydrogen-bond donors (Lipinski definition) is 2. The molecule has 0 aliphatic rings. The molecule has 4 heteroatoms. The maximum absolute atomic E-state index is 10.4. The molecule has 64 valence electrons. The van der Waals surface area contributed by atoms with Crippen molar-refractivity contribution in [2.24, 2.45) is 0 Å². The third-order valence-corrected chi connectivity index (χ3v) is 1.80. The highest BCUT2D eigenvalue weighted by molar-refractivity contribution is 6.17. The Morgan fingerprint density at radius 2 is 2.25 bits per heavy atom. The summed E-state index contributed by atoms with van der Waals surface area (Å²) in [4.78, 5) is 10.4. The lowest BCUT2D eigenvalue weighted by Crippen LogP contribution is -1.92. The zero-order valence-electron chi connectivity index (χ0n) is 6.25. The number of phenols is 1. The molecule has 0 radical (unpaired) electrons. The van der Waals surface area contributed by atoms with Gasteiger partial charge in [-0.25, -0.2) is 0 Å². The number of alkyl halides is 1. The number of hydrogen-bond acceptors (Lipinski definition) is 3. The van der Waals surface area contributed by atoms with Gasteiger partial charge in [0.2, 0.25) is 0 Å². The monoisotopic (exact) mass is 185 g/mol. The molecular weight excluding hydrogens is 178 g/mol. The number of carbonyl (C=O) groups is 1. The van der Waals surface area contributed by atoms with Gasteiger partial charge in [-0.15, -0.1) is 11.6 Å². The van der Waals surface area contributed by atoms with Gasteiger partial charge in [0.15, 0.2) is 6.29 Å². The summed E-state index contributed by atoms with van der Waals surface area (Å²) >= 11 is 5.50. The number of anilines is 1. The first-order valence-electron chi connectivity index (χ1n) is 3.31. The molecule has 0 saturated heterocycles. The van der Waals surface area contributed by atoms with E-state index in [1.54, 1.807) is 0 Å². The van der Waals surface area contributed by atoms with E-state index in [9.17, 15) is 9.90 Å². The average molecular weight is 186 g/mol. The van der Waals surface area contributed by atoms with Gasteiger partial charge in [0.05, 0.1) is 11.4 Å². The average Bonchev–Trinajstić information content (AvgIpc) is 2.08. The van der Waals surface area contributed by atoms with Crippen LogP contribution in [0, 0.1) is 0 Å². The molecule has 0 aliphatic heterocycles. The first-order valence-corrected chi connectivity index (χ1v) is 3.85. The number of aromatic hydroxyl groups is 1. The molecule has 12 heavy (non-hydrogen) atoms. The topological polar surface area (TPSA) is 63.3 Å². The Morgan fingerprint density at radius 1 is 1.58 bits per heavy atom. The molecule has 0 aliphatic carbocycles. The van der Waals surface area contributed by atoms with E-state index < -0.39 is 0 Å². The smallest absolute Gasteiger partial charge is 0.153 e.